The number of fused-ring (bicyclic) bond motifs is 1. The third-order valence-corrected chi connectivity index (χ3v) is 2.74. The molecular weight excluding hydrogens is 204 g/mol. The molecule has 0 saturated carbocycles. The zero-order valence-electron chi connectivity index (χ0n) is 9.61. The molecule has 1 heterocycles. The summed E-state index contributed by atoms with van der Waals surface area (Å²) in [5.74, 6) is 1.67. The van der Waals surface area contributed by atoms with Crippen LogP contribution >= 0.6 is 0 Å². The molecule has 2 N–H and O–H groups in total. The van der Waals surface area contributed by atoms with Crippen LogP contribution in [0.3, 0.4) is 0 Å². The molecule has 0 spiro atoms. The molecule has 2 rings (SSSR count). The third kappa shape index (κ3) is 2.22. The maximum absolute atomic E-state index is 5.53. The van der Waals surface area contributed by atoms with Crippen molar-refractivity contribution >= 4 is 5.69 Å². The largest absolute Gasteiger partial charge is 0.454 e. The van der Waals surface area contributed by atoms with Crippen LogP contribution in [0.1, 0.15) is 13.3 Å². The minimum atomic E-state index is 0.327. The van der Waals surface area contributed by atoms with Gasteiger partial charge in [-0.3, -0.25) is 0 Å². The molecule has 0 atom stereocenters. The minimum absolute atomic E-state index is 0.327. The summed E-state index contributed by atoms with van der Waals surface area (Å²) >= 11 is 0. The number of hydrogen-bond acceptors (Lipinski definition) is 4. The van der Waals surface area contributed by atoms with Crippen LogP contribution in [0.4, 0.5) is 5.69 Å². The van der Waals surface area contributed by atoms with E-state index in [2.05, 4.69) is 17.9 Å². The number of anilines is 1. The van der Waals surface area contributed by atoms with Crippen molar-refractivity contribution in [2.24, 2.45) is 5.73 Å². The maximum Gasteiger partial charge on any atom is 0.231 e. The monoisotopic (exact) mass is 222 g/mol. The molecule has 0 fully saturated rings. The average molecular weight is 222 g/mol. The molecule has 0 aromatic heterocycles. The molecule has 1 aliphatic heterocycles. The Kier molecular flexibility index (Phi) is 3.51. The van der Waals surface area contributed by atoms with E-state index in [1.807, 2.05) is 12.1 Å². The molecule has 1 aliphatic rings. The van der Waals surface area contributed by atoms with Crippen molar-refractivity contribution in [2.45, 2.75) is 13.3 Å². The summed E-state index contributed by atoms with van der Waals surface area (Å²) in [7, 11) is 0. The standard InChI is InChI=1S/C12H18N2O2/c1-2-14(7-3-6-13)10-4-5-11-12(8-10)16-9-15-11/h4-5,8H,2-3,6-7,9,13H2,1H3. The zero-order valence-corrected chi connectivity index (χ0v) is 9.61. The molecule has 0 amide bonds. The van der Waals surface area contributed by atoms with Crippen LogP contribution in [0.25, 0.3) is 0 Å². The molecule has 0 saturated heterocycles. The van der Waals surface area contributed by atoms with Crippen molar-refractivity contribution < 1.29 is 9.47 Å². The van der Waals surface area contributed by atoms with Crippen molar-refractivity contribution in [2.75, 3.05) is 31.3 Å². The van der Waals surface area contributed by atoms with Crippen LogP contribution in [0.15, 0.2) is 18.2 Å². The molecule has 0 aliphatic carbocycles. The number of nitrogens with two attached hydrogens (primary N) is 1. The fourth-order valence-electron chi connectivity index (χ4n) is 1.83. The van der Waals surface area contributed by atoms with Gasteiger partial charge in [-0.1, -0.05) is 0 Å². The fraction of sp³-hybridized carbons (Fsp3) is 0.500. The second-order valence-corrected chi connectivity index (χ2v) is 3.76. The lowest BCUT2D eigenvalue weighted by Gasteiger charge is -2.22. The summed E-state index contributed by atoms with van der Waals surface area (Å²) < 4.78 is 10.7. The second kappa shape index (κ2) is 5.07. The van der Waals surface area contributed by atoms with Crippen molar-refractivity contribution in [3.8, 4) is 11.5 Å². The van der Waals surface area contributed by atoms with E-state index in [4.69, 9.17) is 15.2 Å². The first kappa shape index (κ1) is 11.1. The van der Waals surface area contributed by atoms with E-state index >= 15 is 0 Å². The molecule has 88 valence electrons. The summed E-state index contributed by atoms with van der Waals surface area (Å²) in [5, 5.41) is 0. The van der Waals surface area contributed by atoms with E-state index in [-0.39, 0.29) is 0 Å². The van der Waals surface area contributed by atoms with E-state index in [9.17, 15) is 0 Å². The Hall–Kier alpha value is -1.42. The van der Waals surface area contributed by atoms with E-state index in [0.717, 1.165) is 37.6 Å². The van der Waals surface area contributed by atoms with Crippen LogP contribution in [-0.2, 0) is 0 Å². The van der Waals surface area contributed by atoms with Gasteiger partial charge in [0.25, 0.3) is 0 Å². The highest BCUT2D eigenvalue weighted by atomic mass is 16.7. The van der Waals surface area contributed by atoms with Gasteiger partial charge >= 0.3 is 0 Å². The topological polar surface area (TPSA) is 47.7 Å². The molecule has 16 heavy (non-hydrogen) atoms. The van der Waals surface area contributed by atoms with Gasteiger partial charge < -0.3 is 20.1 Å². The molecule has 0 bridgehead atoms. The van der Waals surface area contributed by atoms with Crippen LogP contribution in [0.2, 0.25) is 0 Å². The lowest BCUT2D eigenvalue weighted by Crippen LogP contribution is -2.25. The molecule has 0 radical (unpaired) electrons. The Labute approximate surface area is 95.9 Å². The van der Waals surface area contributed by atoms with Crippen molar-refractivity contribution in [3.05, 3.63) is 18.2 Å². The SMILES string of the molecule is CCN(CCCN)c1ccc2c(c1)OCO2. The van der Waals surface area contributed by atoms with Gasteiger partial charge in [0, 0.05) is 24.8 Å². The summed E-state index contributed by atoms with van der Waals surface area (Å²) in [6.45, 7) is 5.14. The van der Waals surface area contributed by atoms with Gasteiger partial charge in [0.1, 0.15) is 0 Å². The summed E-state index contributed by atoms with van der Waals surface area (Å²) in [4.78, 5) is 2.29. The lowest BCUT2D eigenvalue weighted by molar-refractivity contribution is 0.174. The molecule has 1 aromatic carbocycles. The number of rotatable bonds is 5. The first-order chi connectivity index (χ1) is 7.85. The van der Waals surface area contributed by atoms with E-state index in [1.54, 1.807) is 0 Å². The van der Waals surface area contributed by atoms with Gasteiger partial charge in [-0.25, -0.2) is 0 Å². The van der Waals surface area contributed by atoms with Gasteiger partial charge in [0.05, 0.1) is 0 Å². The smallest absolute Gasteiger partial charge is 0.231 e. The van der Waals surface area contributed by atoms with Crippen molar-refractivity contribution in [1.82, 2.24) is 0 Å². The Bertz CT molecular complexity index is 355. The zero-order chi connectivity index (χ0) is 11.4. The van der Waals surface area contributed by atoms with Crippen molar-refractivity contribution in [1.29, 1.82) is 0 Å². The molecule has 4 heteroatoms. The van der Waals surface area contributed by atoms with Crippen LogP contribution < -0.4 is 20.1 Å². The van der Waals surface area contributed by atoms with Crippen LogP contribution in [-0.4, -0.2) is 26.4 Å². The second-order valence-electron chi connectivity index (χ2n) is 3.76. The van der Waals surface area contributed by atoms with Crippen LogP contribution in [0.5, 0.6) is 11.5 Å². The van der Waals surface area contributed by atoms with E-state index in [0.29, 0.717) is 6.79 Å². The minimum Gasteiger partial charge on any atom is -0.454 e. The van der Waals surface area contributed by atoms with E-state index in [1.165, 1.54) is 5.69 Å². The molecule has 4 nitrogen and oxygen atoms in total. The molecular formula is C12H18N2O2. The maximum atomic E-state index is 5.53. The average Bonchev–Trinajstić information content (AvgIpc) is 2.77. The Morgan fingerprint density at radius 2 is 2.12 bits per heavy atom. The van der Waals surface area contributed by atoms with E-state index < -0.39 is 0 Å². The molecule has 0 unspecified atom stereocenters. The normalized spacial score (nSPS) is 12.9. The van der Waals surface area contributed by atoms with Crippen molar-refractivity contribution in [3.63, 3.8) is 0 Å². The quantitative estimate of drug-likeness (QED) is 0.822. The number of ether oxygens (including phenoxy) is 2. The Balaban J connectivity index is 2.12. The first-order valence-electron chi connectivity index (χ1n) is 5.70. The predicted molar refractivity (Wildman–Crippen MR) is 64.1 cm³/mol. The highest BCUT2D eigenvalue weighted by Crippen LogP contribution is 2.35. The predicted octanol–water partition coefficient (Wildman–Crippen LogP) is 1.59. The van der Waals surface area contributed by atoms with Gasteiger partial charge in [0.2, 0.25) is 6.79 Å². The molecule has 1 aromatic rings. The number of nitrogens with zero attached hydrogens (tertiary/aromatic N) is 1. The Morgan fingerprint density at radius 3 is 2.88 bits per heavy atom. The summed E-state index contributed by atoms with van der Waals surface area (Å²) in [6, 6.07) is 6.05. The highest BCUT2D eigenvalue weighted by molar-refractivity contribution is 5.57. The van der Waals surface area contributed by atoms with Gasteiger partial charge in [-0.15, -0.1) is 0 Å². The summed E-state index contributed by atoms with van der Waals surface area (Å²) in [6.07, 6.45) is 1.00. The fourth-order valence-corrected chi connectivity index (χ4v) is 1.83. The summed E-state index contributed by atoms with van der Waals surface area (Å²) in [5.41, 5.74) is 6.70. The number of hydrogen-bond donors (Lipinski definition) is 1. The first-order valence-corrected chi connectivity index (χ1v) is 5.70. The highest BCUT2D eigenvalue weighted by Gasteiger charge is 2.15. The van der Waals surface area contributed by atoms with Gasteiger partial charge in [-0.2, -0.15) is 0 Å². The van der Waals surface area contributed by atoms with Gasteiger partial charge in [0.15, 0.2) is 11.5 Å². The number of benzene rings is 1. The third-order valence-electron chi connectivity index (χ3n) is 2.74. The Morgan fingerprint density at radius 1 is 1.31 bits per heavy atom. The lowest BCUT2D eigenvalue weighted by atomic mass is 10.2. The van der Waals surface area contributed by atoms with Crippen LogP contribution in [0, 0.1) is 0 Å². The van der Waals surface area contributed by atoms with Gasteiger partial charge in [-0.05, 0) is 32.0 Å².